The number of hydrogen-bond acceptors (Lipinski definition) is 1. The third-order valence-corrected chi connectivity index (χ3v) is 3.45. The van der Waals surface area contributed by atoms with E-state index >= 15 is 0 Å². The topological polar surface area (TPSA) is 9.23 Å². The van der Waals surface area contributed by atoms with Gasteiger partial charge in [-0.15, -0.1) is 11.6 Å². The molecule has 0 aliphatic rings. The average molecular weight is 275 g/mol. The zero-order valence-electron chi connectivity index (χ0n) is 11.6. The van der Waals surface area contributed by atoms with E-state index in [1.807, 2.05) is 31.2 Å². The van der Waals surface area contributed by atoms with Gasteiger partial charge in [0.1, 0.15) is 11.5 Å². The number of benzene rings is 2. The number of alkyl halides is 1. The molecule has 0 aliphatic carbocycles. The van der Waals surface area contributed by atoms with Crippen molar-refractivity contribution in [2.45, 2.75) is 32.6 Å². The second-order valence-electron chi connectivity index (χ2n) is 5.06. The zero-order valence-corrected chi connectivity index (χ0v) is 12.4. The lowest BCUT2D eigenvalue weighted by molar-refractivity contribution is 0.477. The Morgan fingerprint density at radius 2 is 1.89 bits per heavy atom. The lowest BCUT2D eigenvalue weighted by atomic mass is 10.0. The molecule has 0 amide bonds. The maximum Gasteiger partial charge on any atom is 0.130 e. The summed E-state index contributed by atoms with van der Waals surface area (Å²) in [5, 5.41) is 0. The first-order valence-corrected chi connectivity index (χ1v) is 7.07. The minimum absolute atomic E-state index is 0.503. The Labute approximate surface area is 120 Å². The average Bonchev–Trinajstić information content (AvgIpc) is 2.41. The first-order chi connectivity index (χ1) is 9.10. The van der Waals surface area contributed by atoms with Crippen LogP contribution >= 0.6 is 11.6 Å². The molecular formula is C17H19ClO. The van der Waals surface area contributed by atoms with Crippen molar-refractivity contribution in [3.05, 3.63) is 59.2 Å². The second kappa shape index (κ2) is 6.12. The number of hydrogen-bond donors (Lipinski definition) is 0. The fourth-order valence-electron chi connectivity index (χ4n) is 1.97. The molecule has 2 aromatic rings. The third-order valence-electron chi connectivity index (χ3n) is 3.15. The van der Waals surface area contributed by atoms with Gasteiger partial charge < -0.3 is 4.74 Å². The molecule has 2 aromatic carbocycles. The first-order valence-electron chi connectivity index (χ1n) is 6.53. The van der Waals surface area contributed by atoms with E-state index in [9.17, 15) is 0 Å². The molecule has 0 heterocycles. The molecule has 0 saturated carbocycles. The summed E-state index contributed by atoms with van der Waals surface area (Å²) in [6.07, 6.45) is 0. The van der Waals surface area contributed by atoms with E-state index in [0.717, 1.165) is 22.6 Å². The highest BCUT2D eigenvalue weighted by Gasteiger charge is 2.05. The van der Waals surface area contributed by atoms with Gasteiger partial charge >= 0.3 is 0 Å². The summed E-state index contributed by atoms with van der Waals surface area (Å²) in [5.74, 6) is 2.80. The van der Waals surface area contributed by atoms with Gasteiger partial charge in [0.05, 0.1) is 0 Å². The predicted molar refractivity (Wildman–Crippen MR) is 81.3 cm³/mol. The molecule has 0 atom stereocenters. The summed E-state index contributed by atoms with van der Waals surface area (Å²) in [5.41, 5.74) is 3.50. The van der Waals surface area contributed by atoms with Gasteiger partial charge in [-0.25, -0.2) is 0 Å². The van der Waals surface area contributed by atoms with Crippen molar-refractivity contribution in [3.63, 3.8) is 0 Å². The molecule has 0 saturated heterocycles. The molecule has 2 heteroatoms. The summed E-state index contributed by atoms with van der Waals surface area (Å²) >= 11 is 5.83. The monoisotopic (exact) mass is 274 g/mol. The summed E-state index contributed by atoms with van der Waals surface area (Å²) in [6.45, 7) is 6.40. The highest BCUT2D eigenvalue weighted by atomic mass is 35.5. The van der Waals surface area contributed by atoms with Crippen LogP contribution in [-0.4, -0.2) is 0 Å². The molecule has 1 nitrogen and oxygen atoms in total. The van der Waals surface area contributed by atoms with E-state index in [4.69, 9.17) is 16.3 Å². The highest BCUT2D eigenvalue weighted by Crippen LogP contribution is 2.28. The maximum atomic E-state index is 5.96. The molecule has 2 rings (SSSR count). The van der Waals surface area contributed by atoms with Crippen LogP contribution in [0.1, 0.15) is 36.5 Å². The van der Waals surface area contributed by atoms with Gasteiger partial charge in [-0.1, -0.05) is 38.1 Å². The fraction of sp³-hybridized carbons (Fsp3) is 0.294. The Kier molecular flexibility index (Phi) is 4.49. The van der Waals surface area contributed by atoms with Crippen LogP contribution in [0.3, 0.4) is 0 Å². The van der Waals surface area contributed by atoms with Crippen LogP contribution in [-0.2, 0) is 5.88 Å². The molecule has 0 aromatic heterocycles. The molecule has 100 valence electrons. The number of aryl methyl sites for hydroxylation is 1. The zero-order chi connectivity index (χ0) is 13.8. The number of halogens is 1. The van der Waals surface area contributed by atoms with Crippen molar-refractivity contribution in [1.29, 1.82) is 0 Å². The molecule has 0 radical (unpaired) electrons. The van der Waals surface area contributed by atoms with Gasteiger partial charge in [0.2, 0.25) is 0 Å². The summed E-state index contributed by atoms with van der Waals surface area (Å²) < 4.78 is 5.96. The van der Waals surface area contributed by atoms with Crippen LogP contribution in [0.5, 0.6) is 11.5 Å². The van der Waals surface area contributed by atoms with Gasteiger partial charge in [-0.2, -0.15) is 0 Å². The van der Waals surface area contributed by atoms with Crippen LogP contribution in [0.25, 0.3) is 0 Å². The molecule has 0 aliphatic heterocycles. The van der Waals surface area contributed by atoms with Crippen LogP contribution in [0.15, 0.2) is 42.5 Å². The van der Waals surface area contributed by atoms with Crippen molar-refractivity contribution in [2.75, 3.05) is 0 Å². The van der Waals surface area contributed by atoms with Gasteiger partial charge in [-0.3, -0.25) is 0 Å². The molecule has 0 bridgehead atoms. The highest BCUT2D eigenvalue weighted by molar-refractivity contribution is 6.17. The van der Waals surface area contributed by atoms with Crippen LogP contribution < -0.4 is 4.74 Å². The number of rotatable bonds is 4. The van der Waals surface area contributed by atoms with Crippen molar-refractivity contribution >= 4 is 11.6 Å². The van der Waals surface area contributed by atoms with Crippen molar-refractivity contribution in [3.8, 4) is 11.5 Å². The van der Waals surface area contributed by atoms with Crippen molar-refractivity contribution in [2.24, 2.45) is 0 Å². The SMILES string of the molecule is Cc1cc(CCl)ccc1Oc1cccc(C(C)C)c1. The Balaban J connectivity index is 2.23. The van der Waals surface area contributed by atoms with Gasteiger partial charge in [0.15, 0.2) is 0 Å². The van der Waals surface area contributed by atoms with Crippen molar-refractivity contribution < 1.29 is 4.74 Å². The summed E-state index contributed by atoms with van der Waals surface area (Å²) in [4.78, 5) is 0. The molecular weight excluding hydrogens is 256 g/mol. The molecule has 0 N–H and O–H groups in total. The quantitative estimate of drug-likeness (QED) is 0.655. The minimum atomic E-state index is 0.503. The molecule has 19 heavy (non-hydrogen) atoms. The minimum Gasteiger partial charge on any atom is -0.457 e. The smallest absolute Gasteiger partial charge is 0.130 e. The van der Waals surface area contributed by atoms with E-state index in [0.29, 0.717) is 11.8 Å². The Bertz CT molecular complexity index is 561. The molecule has 0 unspecified atom stereocenters. The van der Waals surface area contributed by atoms with Crippen molar-refractivity contribution in [1.82, 2.24) is 0 Å². The summed E-state index contributed by atoms with van der Waals surface area (Å²) in [6, 6.07) is 14.3. The number of ether oxygens (including phenoxy) is 1. The van der Waals surface area contributed by atoms with Gasteiger partial charge in [-0.05, 0) is 47.7 Å². The molecule has 0 fully saturated rings. The van der Waals surface area contributed by atoms with E-state index in [1.165, 1.54) is 5.56 Å². The molecule has 0 spiro atoms. The summed E-state index contributed by atoms with van der Waals surface area (Å²) in [7, 11) is 0. The van der Waals surface area contributed by atoms with E-state index in [-0.39, 0.29) is 0 Å². The van der Waals surface area contributed by atoms with E-state index < -0.39 is 0 Å². The largest absolute Gasteiger partial charge is 0.457 e. The third kappa shape index (κ3) is 3.51. The lowest BCUT2D eigenvalue weighted by Gasteiger charge is -2.12. The van der Waals surface area contributed by atoms with E-state index in [2.05, 4.69) is 32.0 Å². The Morgan fingerprint density at radius 1 is 1.11 bits per heavy atom. The van der Waals surface area contributed by atoms with Gasteiger partial charge in [0, 0.05) is 5.88 Å². The second-order valence-corrected chi connectivity index (χ2v) is 5.33. The Hall–Kier alpha value is -1.47. The maximum absolute atomic E-state index is 5.96. The van der Waals surface area contributed by atoms with Crippen LogP contribution in [0.4, 0.5) is 0 Å². The first kappa shape index (κ1) is 14.0. The van der Waals surface area contributed by atoms with E-state index in [1.54, 1.807) is 0 Å². The van der Waals surface area contributed by atoms with Crippen LogP contribution in [0.2, 0.25) is 0 Å². The van der Waals surface area contributed by atoms with Crippen LogP contribution in [0, 0.1) is 6.92 Å². The lowest BCUT2D eigenvalue weighted by Crippen LogP contribution is -1.92. The normalized spacial score (nSPS) is 10.8. The fourth-order valence-corrected chi connectivity index (χ4v) is 2.14. The standard InChI is InChI=1S/C17H19ClO/c1-12(2)15-5-4-6-16(10-15)19-17-8-7-14(11-18)9-13(17)3/h4-10,12H,11H2,1-3H3. The predicted octanol–water partition coefficient (Wildman–Crippen LogP) is 5.65. The van der Waals surface area contributed by atoms with Gasteiger partial charge in [0.25, 0.3) is 0 Å². The Morgan fingerprint density at radius 3 is 2.53 bits per heavy atom.